The Morgan fingerprint density at radius 3 is 2.33 bits per heavy atom. The lowest BCUT2D eigenvalue weighted by Gasteiger charge is -2.19. The molecule has 0 N–H and O–H groups in total. The van der Waals surface area contributed by atoms with Gasteiger partial charge in [-0.2, -0.15) is 0 Å². The van der Waals surface area contributed by atoms with Gasteiger partial charge < -0.3 is 0 Å². The zero-order valence-corrected chi connectivity index (χ0v) is 7.16. The fourth-order valence-corrected chi connectivity index (χ4v) is 0.718. The molecule has 0 radical (unpaired) electrons. The largest absolute Gasteiger partial charge is 0.273 e. The second-order valence-corrected chi connectivity index (χ2v) is 3.09. The molecule has 0 amide bonds. The van der Waals surface area contributed by atoms with Crippen LogP contribution in [0.5, 0.6) is 0 Å². The van der Waals surface area contributed by atoms with E-state index in [1.165, 1.54) is 12.8 Å². The second kappa shape index (κ2) is 4.13. The number of hydrogen-bond acceptors (Lipinski definition) is 1. The summed E-state index contributed by atoms with van der Waals surface area (Å²) in [5.41, 5.74) is -0.141. The summed E-state index contributed by atoms with van der Waals surface area (Å²) < 4.78 is 4.71. The third kappa shape index (κ3) is 4.73. The molecule has 0 atom stereocenters. The topological polar surface area (TPSA) is 9.23 Å². The van der Waals surface area contributed by atoms with Crippen LogP contribution in [-0.2, 0) is 4.29 Å². The number of rotatable bonds is 4. The Hall–Kier alpha value is 0.250. The average molecular weight is 151 g/mol. The Kier molecular flexibility index (Phi) is 4.24. The van der Waals surface area contributed by atoms with E-state index in [4.69, 9.17) is 16.2 Å². The molecule has 0 aromatic heterocycles. The summed E-state index contributed by atoms with van der Waals surface area (Å²) in [6.07, 6.45) is 3.41. The minimum Gasteiger partial charge on any atom is -0.273 e. The van der Waals surface area contributed by atoms with E-state index in [0.717, 1.165) is 6.42 Å². The molecule has 0 rings (SSSR count). The molecule has 0 aliphatic heterocycles. The van der Waals surface area contributed by atoms with Gasteiger partial charge in [-0.1, -0.05) is 19.8 Å². The van der Waals surface area contributed by atoms with Crippen LogP contribution in [0.2, 0.25) is 0 Å². The maximum absolute atomic E-state index is 5.23. The minimum atomic E-state index is -0.141. The molecule has 0 fully saturated rings. The molecule has 0 saturated heterocycles. The smallest absolute Gasteiger partial charge is 0.0841 e. The van der Waals surface area contributed by atoms with Crippen LogP contribution >= 0.6 is 11.9 Å². The van der Waals surface area contributed by atoms with Crippen molar-refractivity contribution < 1.29 is 4.29 Å². The van der Waals surface area contributed by atoms with E-state index in [1.807, 2.05) is 13.8 Å². The monoisotopic (exact) mass is 150 g/mol. The van der Waals surface area contributed by atoms with E-state index in [0.29, 0.717) is 0 Å². The maximum atomic E-state index is 5.23. The highest BCUT2D eigenvalue weighted by Crippen LogP contribution is 2.18. The van der Waals surface area contributed by atoms with E-state index < -0.39 is 0 Å². The third-order valence-electron chi connectivity index (χ3n) is 1.34. The molecule has 56 valence electrons. The molecule has 0 bridgehead atoms. The molecule has 0 aromatic carbocycles. The summed E-state index contributed by atoms with van der Waals surface area (Å²) in [7, 11) is 0. The van der Waals surface area contributed by atoms with E-state index in [1.54, 1.807) is 0 Å². The molecule has 1 nitrogen and oxygen atoms in total. The van der Waals surface area contributed by atoms with Gasteiger partial charge in [-0.05, 0) is 20.3 Å². The molecular formula is C7H15ClO. The van der Waals surface area contributed by atoms with Crippen LogP contribution in [0.15, 0.2) is 0 Å². The fourth-order valence-electron chi connectivity index (χ4n) is 0.641. The molecule has 0 aliphatic carbocycles. The molecule has 0 spiro atoms. The first-order chi connectivity index (χ1) is 4.12. The Labute approximate surface area is 62.5 Å². The highest BCUT2D eigenvalue weighted by Gasteiger charge is 2.16. The first-order valence-electron chi connectivity index (χ1n) is 3.42. The van der Waals surface area contributed by atoms with Crippen molar-refractivity contribution in [3.8, 4) is 0 Å². The molecule has 0 heterocycles. The number of halogens is 1. The van der Waals surface area contributed by atoms with E-state index in [9.17, 15) is 0 Å². The maximum Gasteiger partial charge on any atom is 0.0841 e. The average Bonchev–Trinajstić information content (AvgIpc) is 1.84. The van der Waals surface area contributed by atoms with Gasteiger partial charge in [0, 0.05) is 0 Å². The number of unbranched alkanes of at least 4 members (excludes halogenated alkanes) is 1. The van der Waals surface area contributed by atoms with Crippen molar-refractivity contribution in [2.45, 2.75) is 45.6 Å². The van der Waals surface area contributed by atoms with Gasteiger partial charge >= 0.3 is 0 Å². The van der Waals surface area contributed by atoms with Crippen molar-refractivity contribution in [3.05, 3.63) is 0 Å². The summed E-state index contributed by atoms with van der Waals surface area (Å²) in [5.74, 6) is 0. The molecular weight excluding hydrogens is 136 g/mol. The predicted octanol–water partition coefficient (Wildman–Crippen LogP) is 3.13. The predicted molar refractivity (Wildman–Crippen MR) is 40.5 cm³/mol. The Morgan fingerprint density at radius 1 is 1.44 bits per heavy atom. The summed E-state index contributed by atoms with van der Waals surface area (Å²) in [4.78, 5) is 0. The van der Waals surface area contributed by atoms with Crippen LogP contribution in [0.3, 0.4) is 0 Å². The Morgan fingerprint density at radius 2 is 2.00 bits per heavy atom. The molecule has 0 saturated carbocycles. The van der Waals surface area contributed by atoms with E-state index in [2.05, 4.69) is 6.92 Å². The third-order valence-corrected chi connectivity index (χ3v) is 1.76. The van der Waals surface area contributed by atoms with Gasteiger partial charge in [-0.3, -0.25) is 4.29 Å². The van der Waals surface area contributed by atoms with Gasteiger partial charge in [0.1, 0.15) is 0 Å². The van der Waals surface area contributed by atoms with Crippen molar-refractivity contribution >= 4 is 11.9 Å². The minimum absolute atomic E-state index is 0.141. The van der Waals surface area contributed by atoms with Gasteiger partial charge in [0.25, 0.3) is 0 Å². The van der Waals surface area contributed by atoms with Gasteiger partial charge in [0.05, 0.1) is 17.5 Å². The molecule has 0 aliphatic rings. The summed E-state index contributed by atoms with van der Waals surface area (Å²) in [6.45, 7) is 6.15. The lowest BCUT2D eigenvalue weighted by atomic mass is 10.0. The van der Waals surface area contributed by atoms with Crippen LogP contribution in [0.4, 0.5) is 0 Å². The zero-order valence-electron chi connectivity index (χ0n) is 6.41. The normalized spacial score (nSPS) is 12.0. The lowest BCUT2D eigenvalue weighted by molar-refractivity contribution is 0.111. The second-order valence-electron chi connectivity index (χ2n) is 2.94. The van der Waals surface area contributed by atoms with Crippen LogP contribution in [-0.4, -0.2) is 5.60 Å². The standard InChI is InChI=1S/C7H15ClO/c1-4-5-6-7(2,3)9-8/h4-6H2,1-3H3. The van der Waals surface area contributed by atoms with Crippen molar-refractivity contribution in [3.63, 3.8) is 0 Å². The van der Waals surface area contributed by atoms with Gasteiger partial charge in [0.15, 0.2) is 0 Å². The van der Waals surface area contributed by atoms with Crippen molar-refractivity contribution in [2.24, 2.45) is 0 Å². The van der Waals surface area contributed by atoms with Gasteiger partial charge in [-0.25, -0.2) is 0 Å². The zero-order chi connectivity index (χ0) is 7.33. The van der Waals surface area contributed by atoms with E-state index >= 15 is 0 Å². The highest BCUT2D eigenvalue weighted by atomic mass is 35.5. The Balaban J connectivity index is 3.33. The van der Waals surface area contributed by atoms with Gasteiger partial charge in [0.2, 0.25) is 0 Å². The van der Waals surface area contributed by atoms with E-state index in [-0.39, 0.29) is 5.60 Å². The molecule has 2 heteroatoms. The first-order valence-corrected chi connectivity index (χ1v) is 3.73. The van der Waals surface area contributed by atoms with Crippen LogP contribution in [0, 0.1) is 0 Å². The van der Waals surface area contributed by atoms with Gasteiger partial charge in [-0.15, -0.1) is 0 Å². The summed E-state index contributed by atoms with van der Waals surface area (Å²) in [5, 5.41) is 0. The highest BCUT2D eigenvalue weighted by molar-refractivity contribution is 6.07. The Bertz CT molecular complexity index is 71.3. The number of hydrogen-bond donors (Lipinski definition) is 0. The molecule has 0 aromatic rings. The quantitative estimate of drug-likeness (QED) is 0.599. The van der Waals surface area contributed by atoms with Crippen molar-refractivity contribution in [1.82, 2.24) is 0 Å². The van der Waals surface area contributed by atoms with Crippen molar-refractivity contribution in [2.75, 3.05) is 0 Å². The summed E-state index contributed by atoms with van der Waals surface area (Å²) in [6, 6.07) is 0. The van der Waals surface area contributed by atoms with Crippen LogP contribution in [0.25, 0.3) is 0 Å². The van der Waals surface area contributed by atoms with Crippen molar-refractivity contribution in [1.29, 1.82) is 0 Å². The van der Waals surface area contributed by atoms with Crippen LogP contribution < -0.4 is 0 Å². The van der Waals surface area contributed by atoms with Crippen LogP contribution in [0.1, 0.15) is 40.0 Å². The molecule has 9 heavy (non-hydrogen) atoms. The lowest BCUT2D eigenvalue weighted by Crippen LogP contribution is -2.19. The molecule has 0 unspecified atom stereocenters. The first kappa shape index (κ1) is 9.25. The SMILES string of the molecule is CCCCC(C)(C)OCl. The fraction of sp³-hybridized carbons (Fsp3) is 1.00. The summed E-state index contributed by atoms with van der Waals surface area (Å²) >= 11 is 5.23.